The van der Waals surface area contributed by atoms with Gasteiger partial charge in [-0.25, -0.2) is 13.8 Å². The van der Waals surface area contributed by atoms with Gasteiger partial charge < -0.3 is 20.4 Å². The number of fused-ring (bicyclic) bond motifs is 1. The highest BCUT2D eigenvalue weighted by Gasteiger charge is 2.36. The highest BCUT2D eigenvalue weighted by atomic mass is 19.1. The first-order chi connectivity index (χ1) is 23.8. The highest BCUT2D eigenvalue weighted by Crippen LogP contribution is 2.33. The van der Waals surface area contributed by atoms with Crippen LogP contribution in [0.4, 0.5) is 8.78 Å². The molecule has 8 rings (SSSR count). The molecule has 1 unspecified atom stereocenters. The van der Waals surface area contributed by atoms with E-state index >= 15 is 8.78 Å². The van der Waals surface area contributed by atoms with Crippen LogP contribution in [0.1, 0.15) is 79.5 Å². The molecule has 0 spiro atoms. The number of benzene rings is 3. The number of nitrogens with zero attached hydrogens (tertiary/aromatic N) is 3. The summed E-state index contributed by atoms with van der Waals surface area (Å²) in [5.74, 6) is -1.29. The lowest BCUT2D eigenvalue weighted by Gasteiger charge is -2.40. The molecular weight excluding hydrogens is 626 g/mol. The third-order valence-corrected chi connectivity index (χ3v) is 10.5. The van der Waals surface area contributed by atoms with Crippen molar-refractivity contribution in [2.75, 3.05) is 39.3 Å². The largest absolute Gasteiger partial charge is 0.338 e. The van der Waals surface area contributed by atoms with Crippen LogP contribution in [0.3, 0.4) is 0 Å². The molecule has 3 aliphatic heterocycles. The highest BCUT2D eigenvalue weighted by molar-refractivity contribution is 5.97. The van der Waals surface area contributed by atoms with Crippen molar-refractivity contribution in [1.82, 2.24) is 30.9 Å². The van der Waals surface area contributed by atoms with Crippen molar-refractivity contribution in [1.29, 1.82) is 0 Å². The molecule has 2 aliphatic carbocycles. The van der Waals surface area contributed by atoms with Gasteiger partial charge in [-0.15, -0.1) is 0 Å². The molecule has 49 heavy (non-hydrogen) atoms. The fourth-order valence-corrected chi connectivity index (χ4v) is 7.23. The van der Waals surface area contributed by atoms with E-state index in [1.54, 1.807) is 51.2 Å². The maximum absolute atomic E-state index is 15.1. The summed E-state index contributed by atoms with van der Waals surface area (Å²) < 4.78 is 30.1. The van der Waals surface area contributed by atoms with E-state index in [9.17, 15) is 14.4 Å². The molecule has 3 N–H and O–H groups in total. The number of amides is 3. The van der Waals surface area contributed by atoms with Crippen LogP contribution in [0, 0.1) is 23.5 Å². The van der Waals surface area contributed by atoms with Crippen LogP contribution in [-0.2, 0) is 13.0 Å². The predicted octanol–water partition coefficient (Wildman–Crippen LogP) is 4.06. The van der Waals surface area contributed by atoms with E-state index in [2.05, 4.69) is 16.1 Å². The van der Waals surface area contributed by atoms with Crippen LogP contribution in [-0.4, -0.2) is 83.9 Å². The van der Waals surface area contributed by atoms with E-state index in [4.69, 9.17) is 0 Å². The molecule has 3 aromatic rings. The first kappa shape index (κ1) is 32.0. The molecule has 5 aliphatic rings. The standard InChI is InChI=1S/C38H42F2N6O3/c39-33-11-5-23(13-31(33)37(48)44-18-25(19-44)16-41-27-7-8-27)15-35-29-3-1-2-4-30(29)36(47)43-46(35)22-24-6-12-34(40)32(14-24)38(49)45-20-26(21-45)17-42-28-9-10-28/h1-6,11-14,25-28,35,41-42H,7-10,15-22H2,(H,43,47). The Morgan fingerprint density at radius 1 is 0.735 bits per heavy atom. The van der Waals surface area contributed by atoms with Gasteiger partial charge in [0.05, 0.1) is 17.2 Å². The Labute approximate surface area is 285 Å². The minimum absolute atomic E-state index is 0.0182. The summed E-state index contributed by atoms with van der Waals surface area (Å²) in [6, 6.07) is 17.3. The van der Waals surface area contributed by atoms with Crippen molar-refractivity contribution >= 4 is 17.7 Å². The van der Waals surface area contributed by atoms with E-state index in [1.807, 2.05) is 12.1 Å². The van der Waals surface area contributed by atoms with Gasteiger partial charge in [0.2, 0.25) is 0 Å². The summed E-state index contributed by atoms with van der Waals surface area (Å²) in [6.45, 7) is 4.36. The van der Waals surface area contributed by atoms with Gasteiger partial charge in [-0.3, -0.25) is 19.8 Å². The fraction of sp³-hybridized carbons (Fsp3) is 0.447. The zero-order valence-electron chi connectivity index (χ0n) is 27.5. The average molecular weight is 669 g/mol. The molecule has 3 aromatic carbocycles. The van der Waals surface area contributed by atoms with Gasteiger partial charge in [0.1, 0.15) is 11.6 Å². The number of nitrogens with one attached hydrogen (secondary N) is 3. The third kappa shape index (κ3) is 6.97. The van der Waals surface area contributed by atoms with E-state index < -0.39 is 11.6 Å². The average Bonchev–Trinajstić information content (AvgIpc) is 3.99. The second kappa shape index (κ2) is 13.3. The van der Waals surface area contributed by atoms with E-state index in [-0.39, 0.29) is 41.4 Å². The van der Waals surface area contributed by atoms with Gasteiger partial charge >= 0.3 is 0 Å². The molecule has 0 aromatic heterocycles. The molecule has 4 fully saturated rings. The molecule has 11 heteroatoms. The second-order valence-corrected chi connectivity index (χ2v) is 14.5. The predicted molar refractivity (Wildman–Crippen MR) is 180 cm³/mol. The Bertz CT molecular complexity index is 1770. The molecule has 9 nitrogen and oxygen atoms in total. The smallest absolute Gasteiger partial charge is 0.265 e. The molecule has 256 valence electrons. The van der Waals surface area contributed by atoms with Crippen molar-refractivity contribution in [2.45, 2.75) is 56.8 Å². The zero-order valence-corrected chi connectivity index (χ0v) is 27.5. The van der Waals surface area contributed by atoms with E-state index in [0.29, 0.717) is 67.6 Å². The van der Waals surface area contributed by atoms with Crippen LogP contribution in [0.15, 0.2) is 60.7 Å². The molecule has 1 atom stereocenters. The molecule has 0 radical (unpaired) electrons. The van der Waals surface area contributed by atoms with Crippen molar-refractivity contribution in [3.63, 3.8) is 0 Å². The summed E-state index contributed by atoms with van der Waals surface area (Å²) in [6.07, 6.45) is 5.21. The minimum Gasteiger partial charge on any atom is -0.338 e. The zero-order chi connectivity index (χ0) is 33.6. The Morgan fingerprint density at radius 2 is 1.27 bits per heavy atom. The SMILES string of the molecule is O=C1NN(Cc2ccc(F)c(C(=O)N3CC(CNC4CC4)C3)c2)C(Cc2ccc(F)c(C(=O)N3CC(CNC4CC4)C3)c2)c2ccccc21. The number of carbonyl (C=O) groups is 3. The molecule has 3 amide bonds. The van der Waals surface area contributed by atoms with Crippen molar-refractivity contribution < 1.29 is 23.2 Å². The Morgan fingerprint density at radius 3 is 1.84 bits per heavy atom. The number of hydrogen-bond donors (Lipinski definition) is 3. The van der Waals surface area contributed by atoms with E-state index in [1.165, 1.54) is 37.8 Å². The lowest BCUT2D eigenvalue weighted by molar-refractivity contribution is 0.0488. The van der Waals surface area contributed by atoms with Gasteiger partial charge in [-0.05, 0) is 79.1 Å². The number of likely N-dealkylation sites (tertiary alicyclic amines) is 2. The first-order valence-electron chi connectivity index (χ1n) is 17.6. The van der Waals surface area contributed by atoms with Crippen molar-refractivity contribution in [3.05, 3.63) is 106 Å². The van der Waals surface area contributed by atoms with Crippen molar-refractivity contribution in [3.8, 4) is 0 Å². The van der Waals surface area contributed by atoms with Crippen LogP contribution < -0.4 is 16.1 Å². The number of rotatable bonds is 12. The Hall–Kier alpha value is -4.19. The molecule has 2 saturated carbocycles. The summed E-state index contributed by atoms with van der Waals surface area (Å²) in [5, 5.41) is 8.78. The third-order valence-electron chi connectivity index (χ3n) is 10.5. The van der Waals surface area contributed by atoms with E-state index in [0.717, 1.165) is 24.2 Å². The second-order valence-electron chi connectivity index (χ2n) is 14.5. The maximum Gasteiger partial charge on any atom is 0.265 e. The van der Waals surface area contributed by atoms with Gasteiger partial charge in [0, 0.05) is 75.3 Å². The van der Waals surface area contributed by atoms with Crippen LogP contribution in [0.25, 0.3) is 0 Å². The topological polar surface area (TPSA) is 97.0 Å². The Kier molecular flexibility index (Phi) is 8.67. The van der Waals surface area contributed by atoms with Crippen molar-refractivity contribution in [2.24, 2.45) is 11.8 Å². The lowest BCUT2D eigenvalue weighted by Crippen LogP contribution is -2.53. The van der Waals surface area contributed by atoms with Gasteiger partial charge in [-0.1, -0.05) is 30.3 Å². The summed E-state index contributed by atoms with van der Waals surface area (Å²) in [5.41, 5.74) is 5.80. The van der Waals surface area contributed by atoms with Crippen LogP contribution in [0.5, 0.6) is 0 Å². The number of hydrazine groups is 1. The molecule has 2 saturated heterocycles. The Balaban J connectivity index is 0.980. The number of hydrogen-bond acceptors (Lipinski definition) is 6. The minimum atomic E-state index is -0.575. The number of carbonyl (C=O) groups excluding carboxylic acids is 3. The molecule has 0 bridgehead atoms. The normalized spacial score (nSPS) is 21.2. The lowest BCUT2D eigenvalue weighted by atomic mass is 9.91. The molecular formula is C38H42F2N6O3. The first-order valence-corrected chi connectivity index (χ1v) is 17.6. The maximum atomic E-state index is 15.1. The van der Waals surface area contributed by atoms with Crippen LogP contribution in [0.2, 0.25) is 0 Å². The molecule has 3 heterocycles. The van der Waals surface area contributed by atoms with Gasteiger partial charge in [-0.2, -0.15) is 0 Å². The van der Waals surface area contributed by atoms with Crippen LogP contribution >= 0.6 is 0 Å². The quantitative estimate of drug-likeness (QED) is 0.270. The fourth-order valence-electron chi connectivity index (χ4n) is 7.23. The van der Waals surface area contributed by atoms with Gasteiger partial charge in [0.25, 0.3) is 17.7 Å². The van der Waals surface area contributed by atoms with Gasteiger partial charge in [0.15, 0.2) is 0 Å². The number of halogens is 2. The summed E-state index contributed by atoms with van der Waals surface area (Å²) >= 11 is 0. The summed E-state index contributed by atoms with van der Waals surface area (Å²) in [4.78, 5) is 43.2. The monoisotopic (exact) mass is 668 g/mol. The summed E-state index contributed by atoms with van der Waals surface area (Å²) in [7, 11) is 0.